The highest BCUT2D eigenvalue weighted by Gasteiger charge is 2.27. The lowest BCUT2D eigenvalue weighted by molar-refractivity contribution is -0.136. The van der Waals surface area contributed by atoms with Crippen molar-refractivity contribution in [1.29, 1.82) is 0 Å². The predicted molar refractivity (Wildman–Crippen MR) is 57.7 cm³/mol. The summed E-state index contributed by atoms with van der Waals surface area (Å²) in [5.41, 5.74) is -0.732. The molecule has 1 rings (SSSR count). The number of methoxy groups -OCH3 is 1. The van der Waals surface area contributed by atoms with Gasteiger partial charge in [-0.25, -0.2) is 4.98 Å². The SMILES string of the molecule is CCn1ccnc1CC(=O)C(C)(C)OC. The fourth-order valence-electron chi connectivity index (χ4n) is 1.27. The number of hydrogen-bond donors (Lipinski definition) is 0. The van der Waals surface area contributed by atoms with Crippen molar-refractivity contribution in [3.05, 3.63) is 18.2 Å². The zero-order chi connectivity index (χ0) is 11.5. The van der Waals surface area contributed by atoms with Gasteiger partial charge in [0.1, 0.15) is 11.4 Å². The number of nitrogens with zero attached hydrogens (tertiary/aromatic N) is 2. The van der Waals surface area contributed by atoms with Gasteiger partial charge >= 0.3 is 0 Å². The summed E-state index contributed by atoms with van der Waals surface area (Å²) in [4.78, 5) is 16.0. The smallest absolute Gasteiger partial charge is 0.171 e. The predicted octanol–water partition coefficient (Wildman–Crippen LogP) is 1.44. The van der Waals surface area contributed by atoms with E-state index in [1.54, 1.807) is 27.2 Å². The molecule has 84 valence electrons. The van der Waals surface area contributed by atoms with Gasteiger partial charge in [0.2, 0.25) is 0 Å². The van der Waals surface area contributed by atoms with Gasteiger partial charge in [0.15, 0.2) is 5.78 Å². The summed E-state index contributed by atoms with van der Waals surface area (Å²) in [6.45, 7) is 6.40. The Morgan fingerprint density at radius 1 is 1.60 bits per heavy atom. The summed E-state index contributed by atoms with van der Waals surface area (Å²) in [7, 11) is 1.55. The van der Waals surface area contributed by atoms with E-state index in [4.69, 9.17) is 4.74 Å². The first-order chi connectivity index (χ1) is 7.01. The Bertz CT molecular complexity index is 342. The molecule has 0 unspecified atom stereocenters. The van der Waals surface area contributed by atoms with Crippen LogP contribution in [0, 0.1) is 0 Å². The van der Waals surface area contributed by atoms with Crippen molar-refractivity contribution in [3.63, 3.8) is 0 Å². The van der Waals surface area contributed by atoms with Crippen LogP contribution in [0.2, 0.25) is 0 Å². The fourth-order valence-corrected chi connectivity index (χ4v) is 1.27. The maximum atomic E-state index is 11.9. The molecule has 4 heteroatoms. The third-order valence-corrected chi connectivity index (χ3v) is 2.64. The van der Waals surface area contributed by atoms with E-state index in [-0.39, 0.29) is 5.78 Å². The molecule has 0 aliphatic heterocycles. The zero-order valence-electron chi connectivity index (χ0n) is 9.78. The Hall–Kier alpha value is -1.16. The number of aromatic nitrogens is 2. The first kappa shape index (κ1) is 11.9. The maximum absolute atomic E-state index is 11.9. The molecule has 0 aromatic carbocycles. The number of imidazole rings is 1. The van der Waals surface area contributed by atoms with E-state index >= 15 is 0 Å². The summed E-state index contributed by atoms with van der Waals surface area (Å²) < 4.78 is 7.10. The summed E-state index contributed by atoms with van der Waals surface area (Å²) in [6.07, 6.45) is 3.91. The number of carbonyl (C=O) groups is 1. The number of Topliss-reactive ketones (excluding diaryl/α,β-unsaturated/α-hetero) is 1. The normalized spacial score (nSPS) is 11.7. The third-order valence-electron chi connectivity index (χ3n) is 2.64. The van der Waals surface area contributed by atoms with E-state index < -0.39 is 5.60 Å². The lowest BCUT2D eigenvalue weighted by atomic mass is 10.0. The lowest BCUT2D eigenvalue weighted by Gasteiger charge is -2.20. The van der Waals surface area contributed by atoms with Crippen molar-refractivity contribution in [1.82, 2.24) is 9.55 Å². The van der Waals surface area contributed by atoms with Crippen LogP contribution in [0.15, 0.2) is 12.4 Å². The summed E-state index contributed by atoms with van der Waals surface area (Å²) in [5.74, 6) is 0.846. The van der Waals surface area contributed by atoms with E-state index in [2.05, 4.69) is 4.98 Å². The van der Waals surface area contributed by atoms with Crippen LogP contribution in [0.1, 0.15) is 26.6 Å². The standard InChI is InChI=1S/C11H18N2O2/c1-5-13-7-6-12-10(13)8-9(14)11(2,3)15-4/h6-7H,5,8H2,1-4H3. The maximum Gasteiger partial charge on any atom is 0.171 e. The van der Waals surface area contributed by atoms with Gasteiger partial charge in [-0.2, -0.15) is 0 Å². The number of ether oxygens (including phenoxy) is 1. The number of carbonyl (C=O) groups excluding carboxylic acids is 1. The topological polar surface area (TPSA) is 44.1 Å². The highest BCUT2D eigenvalue weighted by Crippen LogP contribution is 2.12. The minimum Gasteiger partial charge on any atom is -0.371 e. The van der Waals surface area contributed by atoms with Gasteiger partial charge in [-0.05, 0) is 20.8 Å². The van der Waals surface area contributed by atoms with E-state index in [0.717, 1.165) is 12.4 Å². The molecule has 1 aromatic rings. The molecule has 0 saturated heterocycles. The second kappa shape index (κ2) is 4.57. The second-order valence-corrected chi connectivity index (χ2v) is 3.94. The average molecular weight is 210 g/mol. The van der Waals surface area contributed by atoms with Crippen LogP contribution in [0.4, 0.5) is 0 Å². The molecule has 0 N–H and O–H groups in total. The molecular weight excluding hydrogens is 192 g/mol. The van der Waals surface area contributed by atoms with Crippen LogP contribution in [0.25, 0.3) is 0 Å². The van der Waals surface area contributed by atoms with Crippen LogP contribution >= 0.6 is 0 Å². The minimum atomic E-state index is -0.732. The van der Waals surface area contributed by atoms with Gasteiger partial charge in [-0.3, -0.25) is 4.79 Å². The quantitative estimate of drug-likeness (QED) is 0.738. The highest BCUT2D eigenvalue weighted by atomic mass is 16.5. The van der Waals surface area contributed by atoms with Crippen molar-refractivity contribution < 1.29 is 9.53 Å². The van der Waals surface area contributed by atoms with Crippen LogP contribution in [0.5, 0.6) is 0 Å². The fraction of sp³-hybridized carbons (Fsp3) is 0.636. The van der Waals surface area contributed by atoms with Gasteiger partial charge in [0.25, 0.3) is 0 Å². The van der Waals surface area contributed by atoms with Crippen molar-refractivity contribution in [3.8, 4) is 0 Å². The number of ketones is 1. The first-order valence-corrected chi connectivity index (χ1v) is 5.09. The largest absolute Gasteiger partial charge is 0.371 e. The molecule has 4 nitrogen and oxygen atoms in total. The summed E-state index contributed by atoms with van der Waals surface area (Å²) >= 11 is 0. The molecule has 0 spiro atoms. The van der Waals surface area contributed by atoms with E-state index in [1.807, 2.05) is 17.7 Å². The molecule has 0 aliphatic carbocycles. The van der Waals surface area contributed by atoms with Crippen LogP contribution in [-0.2, 0) is 22.5 Å². The molecule has 0 radical (unpaired) electrons. The number of rotatable bonds is 5. The Labute approximate surface area is 90.3 Å². The molecule has 1 heterocycles. The first-order valence-electron chi connectivity index (χ1n) is 5.09. The van der Waals surface area contributed by atoms with Crippen LogP contribution in [-0.4, -0.2) is 28.0 Å². The molecule has 0 fully saturated rings. The van der Waals surface area contributed by atoms with Gasteiger partial charge in [0.05, 0.1) is 6.42 Å². The van der Waals surface area contributed by atoms with Gasteiger partial charge in [-0.1, -0.05) is 0 Å². The van der Waals surface area contributed by atoms with Crippen molar-refractivity contribution in [2.24, 2.45) is 0 Å². The van der Waals surface area contributed by atoms with Gasteiger partial charge in [-0.15, -0.1) is 0 Å². The number of aryl methyl sites for hydroxylation is 1. The third kappa shape index (κ3) is 2.65. The molecule has 0 aliphatic rings. The number of hydrogen-bond acceptors (Lipinski definition) is 3. The Morgan fingerprint density at radius 3 is 2.80 bits per heavy atom. The molecule has 15 heavy (non-hydrogen) atoms. The van der Waals surface area contributed by atoms with E-state index in [1.165, 1.54) is 0 Å². The molecule has 0 bridgehead atoms. The Balaban J connectivity index is 2.74. The van der Waals surface area contributed by atoms with Gasteiger partial charge < -0.3 is 9.30 Å². The summed E-state index contributed by atoms with van der Waals surface area (Å²) in [5, 5.41) is 0. The van der Waals surface area contributed by atoms with Crippen molar-refractivity contribution in [2.75, 3.05) is 7.11 Å². The monoisotopic (exact) mass is 210 g/mol. The van der Waals surface area contributed by atoms with Gasteiger partial charge in [0, 0.05) is 26.0 Å². The Kier molecular flexibility index (Phi) is 3.63. The van der Waals surface area contributed by atoms with Crippen LogP contribution in [0.3, 0.4) is 0 Å². The molecule has 0 atom stereocenters. The lowest BCUT2D eigenvalue weighted by Crippen LogP contribution is -2.35. The van der Waals surface area contributed by atoms with Crippen molar-refractivity contribution >= 4 is 5.78 Å². The molecule has 0 amide bonds. The second-order valence-electron chi connectivity index (χ2n) is 3.94. The van der Waals surface area contributed by atoms with Crippen molar-refractivity contribution in [2.45, 2.75) is 39.3 Å². The Morgan fingerprint density at radius 2 is 2.27 bits per heavy atom. The average Bonchev–Trinajstić information content (AvgIpc) is 2.65. The summed E-state index contributed by atoms with van der Waals surface area (Å²) in [6, 6.07) is 0. The minimum absolute atomic E-state index is 0.0471. The molecular formula is C11H18N2O2. The van der Waals surface area contributed by atoms with Crippen LogP contribution < -0.4 is 0 Å². The zero-order valence-corrected chi connectivity index (χ0v) is 9.78. The molecule has 1 aromatic heterocycles. The molecule has 0 saturated carbocycles. The van der Waals surface area contributed by atoms with E-state index in [9.17, 15) is 4.79 Å². The highest BCUT2D eigenvalue weighted by molar-refractivity contribution is 5.87. The van der Waals surface area contributed by atoms with E-state index in [0.29, 0.717) is 6.42 Å².